The van der Waals surface area contributed by atoms with Crippen LogP contribution >= 0.6 is 0 Å². The van der Waals surface area contributed by atoms with E-state index in [9.17, 15) is 13.5 Å². The minimum absolute atomic E-state index is 0.0616. The van der Waals surface area contributed by atoms with Crippen molar-refractivity contribution in [3.05, 3.63) is 11.9 Å². The average Bonchev–Trinajstić information content (AvgIpc) is 2.89. The van der Waals surface area contributed by atoms with E-state index in [4.69, 9.17) is 0 Å². The number of hydrogen-bond donors (Lipinski definition) is 1. The summed E-state index contributed by atoms with van der Waals surface area (Å²) in [6, 6.07) is 0.151. The molecule has 0 amide bonds. The number of aliphatic hydroxyl groups is 1. The van der Waals surface area contributed by atoms with E-state index in [1.165, 1.54) is 4.31 Å². The molecule has 0 spiro atoms. The lowest BCUT2D eigenvalue weighted by atomic mass is 9.91. The number of β-amino-alcohol motifs (C(OH)–C–C–N with tert-alkyl or cyclic N) is 1. The van der Waals surface area contributed by atoms with E-state index in [1.807, 2.05) is 20.8 Å². The van der Waals surface area contributed by atoms with E-state index >= 15 is 0 Å². The molecule has 0 aromatic carbocycles. The second-order valence-corrected chi connectivity index (χ2v) is 8.05. The van der Waals surface area contributed by atoms with Crippen molar-refractivity contribution in [1.29, 1.82) is 0 Å². The molecule has 1 aromatic heterocycles. The first-order valence-corrected chi connectivity index (χ1v) is 9.02. The molecule has 1 aliphatic heterocycles. The molecule has 1 saturated heterocycles. The lowest BCUT2D eigenvalue weighted by Crippen LogP contribution is -2.49. The molecule has 1 atom stereocenters. The fourth-order valence-electron chi connectivity index (χ4n) is 2.57. The number of sulfonamides is 1. The topological polar surface area (TPSA) is 88.3 Å². The van der Waals surface area contributed by atoms with Crippen LogP contribution in [0.3, 0.4) is 0 Å². The number of rotatable bonds is 5. The van der Waals surface area contributed by atoms with Crippen molar-refractivity contribution in [2.45, 2.75) is 51.7 Å². The van der Waals surface area contributed by atoms with Crippen molar-refractivity contribution in [2.24, 2.45) is 0 Å². The first-order chi connectivity index (χ1) is 9.78. The van der Waals surface area contributed by atoms with Gasteiger partial charge in [-0.3, -0.25) is 0 Å². The Labute approximate surface area is 126 Å². The molecular weight excluding hydrogens is 292 g/mol. The van der Waals surface area contributed by atoms with Gasteiger partial charge in [-0.2, -0.15) is 4.31 Å². The fourth-order valence-corrected chi connectivity index (χ4v) is 4.17. The van der Waals surface area contributed by atoms with Crippen LogP contribution in [-0.4, -0.2) is 51.7 Å². The zero-order valence-electron chi connectivity index (χ0n) is 12.9. The SMILES string of the molecule is CCCS(=O)(=O)N1CCCC(O)(c2cn(C(C)C)nn2)C1. The zero-order chi connectivity index (χ0) is 15.7. The Bertz CT molecular complexity index is 584. The number of hydrogen-bond acceptors (Lipinski definition) is 5. The third-order valence-electron chi connectivity index (χ3n) is 3.81. The van der Waals surface area contributed by atoms with Crippen LogP contribution in [0.1, 0.15) is 51.8 Å². The Balaban J connectivity index is 2.22. The Morgan fingerprint density at radius 3 is 2.76 bits per heavy atom. The fraction of sp³-hybridized carbons (Fsp3) is 0.846. The normalized spacial score (nSPS) is 24.6. The summed E-state index contributed by atoms with van der Waals surface area (Å²) >= 11 is 0. The molecule has 0 bridgehead atoms. The van der Waals surface area contributed by atoms with Gasteiger partial charge in [0.2, 0.25) is 10.0 Å². The van der Waals surface area contributed by atoms with Gasteiger partial charge in [-0.15, -0.1) is 5.10 Å². The third-order valence-corrected chi connectivity index (χ3v) is 5.83. The molecule has 1 aliphatic rings. The first kappa shape index (κ1) is 16.4. The van der Waals surface area contributed by atoms with Crippen molar-refractivity contribution in [1.82, 2.24) is 19.3 Å². The average molecular weight is 316 g/mol. The van der Waals surface area contributed by atoms with Gasteiger partial charge in [0.1, 0.15) is 11.3 Å². The van der Waals surface area contributed by atoms with Gasteiger partial charge in [0, 0.05) is 19.1 Å². The van der Waals surface area contributed by atoms with Crippen molar-refractivity contribution in [2.75, 3.05) is 18.8 Å². The van der Waals surface area contributed by atoms with Crippen LogP contribution in [0.15, 0.2) is 6.20 Å². The molecule has 21 heavy (non-hydrogen) atoms. The molecule has 8 heteroatoms. The Kier molecular flexibility index (Phi) is 4.69. The Hall–Kier alpha value is -0.990. The van der Waals surface area contributed by atoms with Gasteiger partial charge in [-0.05, 0) is 33.1 Å². The predicted molar refractivity (Wildman–Crippen MR) is 79.2 cm³/mol. The lowest BCUT2D eigenvalue weighted by molar-refractivity contribution is -0.0161. The molecule has 1 fully saturated rings. The molecule has 0 aliphatic carbocycles. The van der Waals surface area contributed by atoms with Gasteiger partial charge < -0.3 is 5.11 Å². The molecular formula is C13H24N4O3S. The monoisotopic (exact) mass is 316 g/mol. The highest BCUT2D eigenvalue weighted by atomic mass is 32.2. The largest absolute Gasteiger partial charge is 0.382 e. The quantitative estimate of drug-likeness (QED) is 0.871. The summed E-state index contributed by atoms with van der Waals surface area (Å²) in [6.07, 6.45) is 3.40. The Morgan fingerprint density at radius 1 is 1.48 bits per heavy atom. The second kappa shape index (κ2) is 6.02. The highest BCUT2D eigenvalue weighted by Gasteiger charge is 2.41. The minimum atomic E-state index is -3.30. The highest BCUT2D eigenvalue weighted by Crippen LogP contribution is 2.31. The summed E-state index contributed by atoms with van der Waals surface area (Å²) in [5, 5.41) is 18.9. The van der Waals surface area contributed by atoms with Crippen LogP contribution in [0.4, 0.5) is 0 Å². The van der Waals surface area contributed by atoms with Crippen molar-refractivity contribution >= 4 is 10.0 Å². The second-order valence-electron chi connectivity index (χ2n) is 5.96. The summed E-state index contributed by atoms with van der Waals surface area (Å²) in [6.45, 7) is 6.31. The summed E-state index contributed by atoms with van der Waals surface area (Å²) in [4.78, 5) is 0. The molecule has 2 heterocycles. The molecule has 1 N–H and O–H groups in total. The maximum atomic E-state index is 12.2. The molecule has 1 unspecified atom stereocenters. The molecule has 0 radical (unpaired) electrons. The number of nitrogens with zero attached hydrogens (tertiary/aromatic N) is 4. The van der Waals surface area contributed by atoms with Gasteiger partial charge in [0.25, 0.3) is 0 Å². The van der Waals surface area contributed by atoms with Gasteiger partial charge in [-0.1, -0.05) is 12.1 Å². The molecule has 2 rings (SSSR count). The summed E-state index contributed by atoms with van der Waals surface area (Å²) < 4.78 is 27.4. The van der Waals surface area contributed by atoms with Crippen molar-refractivity contribution in [3.63, 3.8) is 0 Å². The van der Waals surface area contributed by atoms with Crippen LogP contribution < -0.4 is 0 Å². The van der Waals surface area contributed by atoms with Gasteiger partial charge in [-0.25, -0.2) is 13.1 Å². The molecule has 0 saturated carbocycles. The summed E-state index contributed by atoms with van der Waals surface area (Å²) in [7, 11) is -3.30. The van der Waals surface area contributed by atoms with E-state index < -0.39 is 15.6 Å². The molecule has 7 nitrogen and oxygen atoms in total. The van der Waals surface area contributed by atoms with Crippen LogP contribution in [0.5, 0.6) is 0 Å². The lowest BCUT2D eigenvalue weighted by Gasteiger charge is -2.37. The zero-order valence-corrected chi connectivity index (χ0v) is 13.7. The number of piperidine rings is 1. The van der Waals surface area contributed by atoms with E-state index in [0.29, 0.717) is 31.5 Å². The number of aromatic nitrogens is 3. The summed E-state index contributed by atoms with van der Waals surface area (Å²) in [5.41, 5.74) is -0.792. The maximum absolute atomic E-state index is 12.2. The van der Waals surface area contributed by atoms with Gasteiger partial charge >= 0.3 is 0 Å². The van der Waals surface area contributed by atoms with E-state index in [0.717, 1.165) is 0 Å². The Morgan fingerprint density at radius 2 is 2.19 bits per heavy atom. The first-order valence-electron chi connectivity index (χ1n) is 7.41. The summed E-state index contributed by atoms with van der Waals surface area (Å²) in [5.74, 6) is 0.113. The molecule has 120 valence electrons. The van der Waals surface area contributed by atoms with E-state index in [2.05, 4.69) is 10.3 Å². The van der Waals surface area contributed by atoms with E-state index in [-0.39, 0.29) is 18.3 Å². The maximum Gasteiger partial charge on any atom is 0.214 e. The van der Waals surface area contributed by atoms with Crippen LogP contribution in [0.25, 0.3) is 0 Å². The molecule has 1 aromatic rings. The minimum Gasteiger partial charge on any atom is -0.382 e. The van der Waals surface area contributed by atoms with Crippen molar-refractivity contribution in [3.8, 4) is 0 Å². The standard InChI is InChI=1S/C13H24N4O3S/c1-4-8-21(19,20)16-7-5-6-13(18,10-16)12-9-17(11(2)3)15-14-12/h9,11,18H,4-8,10H2,1-3H3. The third kappa shape index (κ3) is 3.44. The van der Waals surface area contributed by atoms with Crippen LogP contribution in [0.2, 0.25) is 0 Å². The smallest absolute Gasteiger partial charge is 0.214 e. The van der Waals surface area contributed by atoms with Gasteiger partial charge in [0.05, 0.1) is 11.9 Å². The van der Waals surface area contributed by atoms with Crippen LogP contribution in [0, 0.1) is 0 Å². The predicted octanol–water partition coefficient (Wildman–Crippen LogP) is 0.882. The highest BCUT2D eigenvalue weighted by molar-refractivity contribution is 7.89. The van der Waals surface area contributed by atoms with Crippen LogP contribution in [-0.2, 0) is 15.6 Å². The van der Waals surface area contributed by atoms with Gasteiger partial charge in [0.15, 0.2) is 0 Å². The van der Waals surface area contributed by atoms with E-state index in [1.54, 1.807) is 10.9 Å². The van der Waals surface area contributed by atoms with Crippen molar-refractivity contribution < 1.29 is 13.5 Å².